The highest BCUT2D eigenvalue weighted by Crippen LogP contribution is 2.17. The van der Waals surface area contributed by atoms with Crippen molar-refractivity contribution in [3.05, 3.63) is 39.8 Å². The van der Waals surface area contributed by atoms with Gasteiger partial charge in [-0.05, 0) is 40.9 Å². The zero-order valence-electron chi connectivity index (χ0n) is 12.3. The molecule has 2 aromatic heterocycles. The molecular formula is C14H20N2O3S2. The van der Waals surface area contributed by atoms with Crippen molar-refractivity contribution in [1.29, 1.82) is 0 Å². The van der Waals surface area contributed by atoms with Crippen LogP contribution in [0.15, 0.2) is 32.4 Å². The molecule has 0 spiro atoms. The summed E-state index contributed by atoms with van der Waals surface area (Å²) >= 11 is 1.56. The zero-order valence-corrected chi connectivity index (χ0v) is 14.0. The predicted molar refractivity (Wildman–Crippen MR) is 83.8 cm³/mol. The van der Waals surface area contributed by atoms with Crippen LogP contribution >= 0.6 is 11.3 Å². The van der Waals surface area contributed by atoms with Crippen LogP contribution in [0.3, 0.4) is 0 Å². The second kappa shape index (κ2) is 6.74. The van der Waals surface area contributed by atoms with E-state index in [0.29, 0.717) is 18.3 Å². The molecule has 0 atom stereocenters. The second-order valence-electron chi connectivity index (χ2n) is 5.16. The van der Waals surface area contributed by atoms with Crippen molar-refractivity contribution in [3.8, 4) is 0 Å². The number of thiophene rings is 1. The quantitative estimate of drug-likeness (QED) is 0.819. The molecule has 0 amide bonds. The van der Waals surface area contributed by atoms with Crippen molar-refractivity contribution in [1.82, 2.24) is 10.0 Å². The fourth-order valence-corrected chi connectivity index (χ4v) is 3.52. The zero-order chi connectivity index (χ0) is 15.5. The number of sulfonamides is 1. The largest absolute Gasteiger partial charge is 0.447 e. The van der Waals surface area contributed by atoms with E-state index in [1.165, 1.54) is 6.07 Å². The van der Waals surface area contributed by atoms with E-state index in [-0.39, 0.29) is 11.6 Å². The van der Waals surface area contributed by atoms with Crippen molar-refractivity contribution < 1.29 is 12.8 Å². The molecule has 0 aliphatic carbocycles. The number of rotatable bonds is 7. The molecule has 116 valence electrons. The Labute approximate surface area is 129 Å². The third kappa shape index (κ3) is 4.41. The molecule has 2 rings (SSSR count). The topological polar surface area (TPSA) is 71.3 Å². The Balaban J connectivity index is 2.01. The molecule has 0 unspecified atom stereocenters. The standard InChI is InChI=1S/C14H20N2O3S2/c1-10(2)15-7-13-4-5-14(19-13)21(17,18)16-6-12-9-20-8-11(12)3/h4-5,8-10,15-16H,6-7H2,1-3H3. The first kappa shape index (κ1) is 16.2. The SMILES string of the molecule is Cc1cscc1CNS(=O)(=O)c1ccc(CNC(C)C)o1. The summed E-state index contributed by atoms with van der Waals surface area (Å²) in [6.45, 7) is 6.79. The van der Waals surface area contributed by atoms with Crippen molar-refractivity contribution in [3.63, 3.8) is 0 Å². The first-order valence-corrected chi connectivity index (χ1v) is 9.14. The van der Waals surface area contributed by atoms with Crippen LogP contribution in [0, 0.1) is 6.92 Å². The Morgan fingerprint density at radius 3 is 2.62 bits per heavy atom. The summed E-state index contributed by atoms with van der Waals surface area (Å²) in [5, 5.41) is 7.07. The molecule has 0 saturated carbocycles. The third-order valence-electron chi connectivity index (χ3n) is 3.00. The van der Waals surface area contributed by atoms with Crippen LogP contribution in [0.4, 0.5) is 0 Å². The monoisotopic (exact) mass is 328 g/mol. The van der Waals surface area contributed by atoms with Gasteiger partial charge in [0.15, 0.2) is 0 Å². The van der Waals surface area contributed by atoms with Crippen molar-refractivity contribution >= 4 is 21.4 Å². The number of hydrogen-bond acceptors (Lipinski definition) is 5. The van der Waals surface area contributed by atoms with Gasteiger partial charge in [-0.1, -0.05) is 13.8 Å². The molecule has 0 aliphatic rings. The van der Waals surface area contributed by atoms with E-state index in [2.05, 4.69) is 10.0 Å². The van der Waals surface area contributed by atoms with E-state index in [4.69, 9.17) is 4.42 Å². The van der Waals surface area contributed by atoms with E-state index in [9.17, 15) is 8.42 Å². The third-order valence-corrected chi connectivity index (χ3v) is 5.18. The summed E-state index contributed by atoms with van der Waals surface area (Å²) in [5.41, 5.74) is 2.07. The molecular weight excluding hydrogens is 308 g/mol. The molecule has 0 radical (unpaired) electrons. The summed E-state index contributed by atoms with van der Waals surface area (Å²) in [6.07, 6.45) is 0. The number of aryl methyl sites for hydroxylation is 1. The van der Waals surface area contributed by atoms with Crippen LogP contribution in [0.5, 0.6) is 0 Å². The van der Waals surface area contributed by atoms with Gasteiger partial charge < -0.3 is 9.73 Å². The molecule has 7 heteroatoms. The van der Waals surface area contributed by atoms with Crippen LogP contribution in [0.2, 0.25) is 0 Å². The van der Waals surface area contributed by atoms with E-state index in [1.54, 1.807) is 17.4 Å². The van der Waals surface area contributed by atoms with Gasteiger partial charge in [-0.15, -0.1) is 0 Å². The normalized spacial score (nSPS) is 12.2. The summed E-state index contributed by atoms with van der Waals surface area (Å²) in [7, 11) is -3.61. The Bertz CT molecular complexity index is 687. The Hall–Kier alpha value is -1.15. The maximum Gasteiger partial charge on any atom is 0.274 e. The number of furan rings is 1. The lowest BCUT2D eigenvalue weighted by atomic mass is 10.2. The molecule has 21 heavy (non-hydrogen) atoms. The Morgan fingerprint density at radius 1 is 1.24 bits per heavy atom. The lowest BCUT2D eigenvalue weighted by Crippen LogP contribution is -2.23. The fraction of sp³-hybridized carbons (Fsp3) is 0.429. The van der Waals surface area contributed by atoms with Gasteiger partial charge in [0.2, 0.25) is 5.09 Å². The second-order valence-corrected chi connectivity index (χ2v) is 7.60. The van der Waals surface area contributed by atoms with Gasteiger partial charge in [0.25, 0.3) is 10.0 Å². The molecule has 2 aromatic rings. The maximum atomic E-state index is 12.2. The van der Waals surface area contributed by atoms with Crippen LogP contribution in [-0.2, 0) is 23.1 Å². The summed E-state index contributed by atoms with van der Waals surface area (Å²) in [4.78, 5) is 0. The van der Waals surface area contributed by atoms with Crippen molar-refractivity contribution in [2.75, 3.05) is 0 Å². The van der Waals surface area contributed by atoms with Crippen LogP contribution in [0.25, 0.3) is 0 Å². The van der Waals surface area contributed by atoms with Crippen molar-refractivity contribution in [2.45, 2.75) is 45.0 Å². The van der Waals surface area contributed by atoms with Gasteiger partial charge in [-0.25, -0.2) is 13.1 Å². The average molecular weight is 328 g/mol. The predicted octanol–water partition coefficient (Wildman–Crippen LogP) is 2.63. The van der Waals surface area contributed by atoms with Gasteiger partial charge in [0.1, 0.15) is 5.76 Å². The minimum absolute atomic E-state index is 0.0454. The first-order chi connectivity index (χ1) is 9.88. The molecule has 0 fully saturated rings. The van der Waals surface area contributed by atoms with Crippen LogP contribution in [0.1, 0.15) is 30.7 Å². The average Bonchev–Trinajstić information content (AvgIpc) is 3.03. The maximum absolute atomic E-state index is 12.2. The van der Waals surface area contributed by atoms with Gasteiger partial charge in [0.05, 0.1) is 6.54 Å². The van der Waals surface area contributed by atoms with E-state index in [1.807, 2.05) is 31.5 Å². The Kier molecular flexibility index (Phi) is 5.21. The summed E-state index contributed by atoms with van der Waals surface area (Å²) in [5.74, 6) is 0.607. The number of nitrogens with one attached hydrogen (secondary N) is 2. The fourth-order valence-electron chi connectivity index (χ4n) is 1.71. The lowest BCUT2D eigenvalue weighted by molar-refractivity contribution is 0.393. The minimum atomic E-state index is -3.61. The van der Waals surface area contributed by atoms with Gasteiger partial charge in [-0.2, -0.15) is 11.3 Å². The minimum Gasteiger partial charge on any atom is -0.447 e. The van der Waals surface area contributed by atoms with Gasteiger partial charge in [0, 0.05) is 12.6 Å². The molecule has 2 N–H and O–H groups in total. The van der Waals surface area contributed by atoms with Crippen LogP contribution in [-0.4, -0.2) is 14.5 Å². The highest BCUT2D eigenvalue weighted by molar-refractivity contribution is 7.89. The highest BCUT2D eigenvalue weighted by Gasteiger charge is 2.19. The van der Waals surface area contributed by atoms with Crippen LogP contribution < -0.4 is 10.0 Å². The summed E-state index contributed by atoms with van der Waals surface area (Å²) < 4.78 is 32.3. The Morgan fingerprint density at radius 2 is 2.00 bits per heavy atom. The van der Waals surface area contributed by atoms with Gasteiger partial charge in [-0.3, -0.25) is 0 Å². The molecule has 5 nitrogen and oxygen atoms in total. The van der Waals surface area contributed by atoms with Crippen molar-refractivity contribution in [2.24, 2.45) is 0 Å². The molecule has 0 aromatic carbocycles. The first-order valence-electron chi connectivity index (χ1n) is 6.72. The van der Waals surface area contributed by atoms with E-state index >= 15 is 0 Å². The number of hydrogen-bond donors (Lipinski definition) is 2. The van der Waals surface area contributed by atoms with Gasteiger partial charge >= 0.3 is 0 Å². The molecule has 2 heterocycles. The van der Waals surface area contributed by atoms with E-state index < -0.39 is 10.0 Å². The molecule has 0 bridgehead atoms. The smallest absolute Gasteiger partial charge is 0.274 e. The van der Waals surface area contributed by atoms with E-state index in [0.717, 1.165) is 11.1 Å². The highest BCUT2D eigenvalue weighted by atomic mass is 32.2. The molecule has 0 saturated heterocycles. The summed E-state index contributed by atoms with van der Waals surface area (Å²) in [6, 6.07) is 3.48. The molecule has 0 aliphatic heterocycles. The lowest BCUT2D eigenvalue weighted by Gasteiger charge is -2.06.